The van der Waals surface area contributed by atoms with Crippen molar-refractivity contribution in [1.29, 1.82) is 0 Å². The fourth-order valence-electron chi connectivity index (χ4n) is 1.56. The molecule has 1 atom stereocenters. The van der Waals surface area contributed by atoms with E-state index >= 15 is 0 Å². The summed E-state index contributed by atoms with van der Waals surface area (Å²) in [5.41, 5.74) is 11.6. The van der Waals surface area contributed by atoms with Gasteiger partial charge in [-0.3, -0.25) is 14.4 Å². The number of amides is 1. The van der Waals surface area contributed by atoms with Gasteiger partial charge in [0.05, 0.1) is 0 Å². The second-order valence-electron chi connectivity index (χ2n) is 4.91. The van der Waals surface area contributed by atoms with Crippen LogP contribution in [0.4, 0.5) is 5.69 Å². The van der Waals surface area contributed by atoms with Crippen molar-refractivity contribution in [1.82, 2.24) is 6.15 Å². The Hall–Kier alpha value is -2.29. The molecule has 136 valence electrons. The van der Waals surface area contributed by atoms with E-state index in [9.17, 15) is 14.4 Å². The van der Waals surface area contributed by atoms with Crippen LogP contribution in [-0.2, 0) is 9.59 Å². The third-order valence-corrected chi connectivity index (χ3v) is 2.84. The number of anilines is 1. The van der Waals surface area contributed by atoms with Crippen LogP contribution in [-0.4, -0.2) is 35.9 Å². The highest BCUT2D eigenvalue weighted by Gasteiger charge is 2.08. The van der Waals surface area contributed by atoms with E-state index in [1.807, 2.05) is 6.92 Å². The predicted molar refractivity (Wildman–Crippen MR) is 94.3 cm³/mol. The fraction of sp³-hybridized carbons (Fsp3) is 0.438. The number of hydrogen-bond acceptors (Lipinski definition) is 6. The molecule has 1 rings (SSSR count). The molecular formula is C16H28N4O4. The van der Waals surface area contributed by atoms with Crippen molar-refractivity contribution < 1.29 is 19.5 Å². The molecule has 0 spiro atoms. The lowest BCUT2D eigenvalue weighted by Crippen LogP contribution is -2.30. The van der Waals surface area contributed by atoms with Crippen molar-refractivity contribution in [3.05, 3.63) is 29.8 Å². The molecule has 8 heteroatoms. The summed E-state index contributed by atoms with van der Waals surface area (Å²) >= 11 is 0. The number of aldehydes is 1. The van der Waals surface area contributed by atoms with Crippen molar-refractivity contribution in [2.45, 2.75) is 38.6 Å². The quantitative estimate of drug-likeness (QED) is 0.446. The van der Waals surface area contributed by atoms with Crippen LogP contribution in [0.3, 0.4) is 0 Å². The Labute approximate surface area is 142 Å². The van der Waals surface area contributed by atoms with Crippen molar-refractivity contribution in [2.24, 2.45) is 11.5 Å². The summed E-state index contributed by atoms with van der Waals surface area (Å²) < 4.78 is 0. The molecule has 1 amide bonds. The minimum absolute atomic E-state index is 0. The number of carbonyl (C=O) groups is 3. The summed E-state index contributed by atoms with van der Waals surface area (Å²) in [6, 6.07) is 6.05. The Balaban J connectivity index is 0. The van der Waals surface area contributed by atoms with Crippen molar-refractivity contribution in [2.75, 3.05) is 11.9 Å². The van der Waals surface area contributed by atoms with Gasteiger partial charge < -0.3 is 28.0 Å². The van der Waals surface area contributed by atoms with Gasteiger partial charge in [-0.25, -0.2) is 0 Å². The molecule has 0 radical (unpaired) electrons. The number of carboxylic acid groups (broad SMARTS) is 1. The number of carboxylic acids is 1. The van der Waals surface area contributed by atoms with Gasteiger partial charge in [-0.05, 0) is 50.1 Å². The van der Waals surface area contributed by atoms with Crippen molar-refractivity contribution in [3.63, 3.8) is 0 Å². The summed E-state index contributed by atoms with van der Waals surface area (Å²) in [4.78, 5) is 31.6. The summed E-state index contributed by atoms with van der Waals surface area (Å²) in [7, 11) is 0. The molecule has 0 aliphatic carbocycles. The molecule has 8 nitrogen and oxygen atoms in total. The zero-order valence-electron chi connectivity index (χ0n) is 14.0. The molecule has 0 heterocycles. The molecule has 1 aromatic rings. The number of hydrogen-bond donors (Lipinski definition) is 5. The predicted octanol–water partition coefficient (Wildman–Crippen LogP) is 1.54. The first-order valence-corrected chi connectivity index (χ1v) is 7.48. The van der Waals surface area contributed by atoms with E-state index in [0.29, 0.717) is 31.4 Å². The molecule has 9 N–H and O–H groups in total. The lowest BCUT2D eigenvalue weighted by Gasteiger charge is -2.03. The molecule has 0 saturated carbocycles. The monoisotopic (exact) mass is 340 g/mol. The number of rotatable bonds is 8. The molecule has 0 unspecified atom stereocenters. The molecule has 0 fully saturated rings. The minimum atomic E-state index is -0.955. The maximum absolute atomic E-state index is 11.2. The molecule has 0 saturated heterocycles. The Bertz CT molecular complexity index is 491. The molecular weight excluding hydrogens is 312 g/mol. The summed E-state index contributed by atoms with van der Waals surface area (Å²) in [6.07, 6.45) is 3.27. The average molecular weight is 340 g/mol. The summed E-state index contributed by atoms with van der Waals surface area (Å²) in [6.45, 7) is 2.45. The van der Waals surface area contributed by atoms with Crippen LogP contribution in [0.5, 0.6) is 0 Å². The SMILES string of the molecule is CCCC(=O)Nc1ccc(C=O)cc1.N.NCCC[C@H](N)C(=O)O. The highest BCUT2D eigenvalue weighted by atomic mass is 16.4. The van der Waals surface area contributed by atoms with Crippen LogP contribution < -0.4 is 22.9 Å². The third-order valence-electron chi connectivity index (χ3n) is 2.84. The normalized spacial score (nSPS) is 10.5. The first-order valence-electron chi connectivity index (χ1n) is 7.48. The first kappa shape index (κ1) is 24.0. The smallest absolute Gasteiger partial charge is 0.320 e. The molecule has 0 aromatic heterocycles. The van der Waals surface area contributed by atoms with Gasteiger partial charge in [-0.2, -0.15) is 0 Å². The van der Waals surface area contributed by atoms with Crippen LogP contribution in [0.2, 0.25) is 0 Å². The van der Waals surface area contributed by atoms with E-state index in [-0.39, 0.29) is 12.1 Å². The van der Waals surface area contributed by atoms with Gasteiger partial charge >= 0.3 is 5.97 Å². The zero-order valence-corrected chi connectivity index (χ0v) is 14.0. The lowest BCUT2D eigenvalue weighted by molar-refractivity contribution is -0.138. The molecule has 0 aliphatic heterocycles. The van der Waals surface area contributed by atoms with Gasteiger partial charge in [0.2, 0.25) is 5.91 Å². The standard InChI is InChI=1S/C11H13NO2.C5H12N2O2.H3N/c1-2-3-11(14)12-10-6-4-9(8-13)5-7-10;6-3-1-2-4(7)5(8)9;/h4-8H,2-3H2,1H3,(H,12,14);4H,1-3,6-7H2,(H,8,9);1H3/t;4-;/m.0./s1. The molecule has 0 bridgehead atoms. The van der Waals surface area contributed by atoms with Gasteiger partial charge in [0, 0.05) is 17.7 Å². The third kappa shape index (κ3) is 11.3. The Kier molecular flexibility index (Phi) is 14.3. The second-order valence-corrected chi connectivity index (χ2v) is 4.91. The largest absolute Gasteiger partial charge is 0.480 e. The highest BCUT2D eigenvalue weighted by Crippen LogP contribution is 2.08. The molecule has 1 aromatic carbocycles. The van der Waals surface area contributed by atoms with E-state index in [2.05, 4.69) is 5.32 Å². The Morgan fingerprint density at radius 3 is 2.29 bits per heavy atom. The Morgan fingerprint density at radius 1 is 1.29 bits per heavy atom. The van der Waals surface area contributed by atoms with Crippen LogP contribution in [0.25, 0.3) is 0 Å². The first-order chi connectivity index (χ1) is 10.9. The van der Waals surface area contributed by atoms with Gasteiger partial charge in [0.1, 0.15) is 12.3 Å². The van der Waals surface area contributed by atoms with Crippen LogP contribution >= 0.6 is 0 Å². The lowest BCUT2D eigenvalue weighted by atomic mass is 10.2. The van der Waals surface area contributed by atoms with E-state index < -0.39 is 12.0 Å². The van der Waals surface area contributed by atoms with Gasteiger partial charge in [0.25, 0.3) is 0 Å². The Morgan fingerprint density at radius 2 is 1.88 bits per heavy atom. The highest BCUT2D eigenvalue weighted by molar-refractivity contribution is 5.91. The summed E-state index contributed by atoms with van der Waals surface area (Å²) in [5, 5.41) is 11.0. The zero-order chi connectivity index (χ0) is 17.7. The topological polar surface area (TPSA) is 171 Å². The van der Waals surface area contributed by atoms with Crippen LogP contribution in [0, 0.1) is 0 Å². The maximum atomic E-state index is 11.2. The number of nitrogens with one attached hydrogen (secondary N) is 1. The average Bonchev–Trinajstić information content (AvgIpc) is 2.54. The van der Waals surface area contributed by atoms with Crippen LogP contribution in [0.15, 0.2) is 24.3 Å². The van der Waals surface area contributed by atoms with Crippen LogP contribution in [0.1, 0.15) is 43.0 Å². The number of carbonyl (C=O) groups excluding carboxylic acids is 2. The minimum Gasteiger partial charge on any atom is -0.480 e. The molecule has 24 heavy (non-hydrogen) atoms. The van der Waals surface area contributed by atoms with E-state index in [4.69, 9.17) is 16.6 Å². The van der Waals surface area contributed by atoms with Crippen molar-refractivity contribution >= 4 is 23.9 Å². The van der Waals surface area contributed by atoms with E-state index in [1.54, 1.807) is 24.3 Å². The number of benzene rings is 1. The number of aliphatic carboxylic acids is 1. The number of nitrogens with two attached hydrogens (primary N) is 2. The van der Waals surface area contributed by atoms with Gasteiger partial charge in [-0.15, -0.1) is 0 Å². The molecule has 0 aliphatic rings. The second kappa shape index (κ2) is 14.3. The van der Waals surface area contributed by atoms with Gasteiger partial charge in [-0.1, -0.05) is 6.92 Å². The van der Waals surface area contributed by atoms with Gasteiger partial charge in [0.15, 0.2) is 0 Å². The maximum Gasteiger partial charge on any atom is 0.320 e. The summed E-state index contributed by atoms with van der Waals surface area (Å²) in [5.74, 6) is -0.949. The van der Waals surface area contributed by atoms with E-state index in [1.165, 1.54) is 0 Å². The van der Waals surface area contributed by atoms with E-state index in [0.717, 1.165) is 18.4 Å². The fourth-order valence-corrected chi connectivity index (χ4v) is 1.56. The van der Waals surface area contributed by atoms with Crippen molar-refractivity contribution in [3.8, 4) is 0 Å².